The molecule has 16 heavy (non-hydrogen) atoms. The van der Waals surface area contributed by atoms with E-state index in [1.54, 1.807) is 6.07 Å². The number of halogens is 1. The van der Waals surface area contributed by atoms with Crippen molar-refractivity contribution in [2.24, 2.45) is 0 Å². The molecule has 3 rings (SSSR count). The Labute approximate surface area is 92.7 Å². The van der Waals surface area contributed by atoms with Crippen molar-refractivity contribution >= 4 is 11.1 Å². The lowest BCUT2D eigenvalue weighted by Crippen LogP contribution is -2.21. The molecule has 1 aromatic heterocycles. The summed E-state index contributed by atoms with van der Waals surface area (Å²) in [4.78, 5) is 4.41. The number of aromatic nitrogens is 1. The van der Waals surface area contributed by atoms with Crippen molar-refractivity contribution < 1.29 is 8.81 Å². The molecule has 84 valence electrons. The zero-order valence-electron chi connectivity index (χ0n) is 9.03. The minimum absolute atomic E-state index is 0.284. The summed E-state index contributed by atoms with van der Waals surface area (Å²) in [5.74, 6) is 0.737. The van der Waals surface area contributed by atoms with Crippen LogP contribution in [0.5, 0.6) is 0 Å². The fourth-order valence-corrected chi connectivity index (χ4v) is 2.27. The average molecular weight is 220 g/mol. The quantitative estimate of drug-likeness (QED) is 0.802. The normalized spacial score (nSPS) is 25.4. The second-order valence-corrected chi connectivity index (χ2v) is 4.30. The van der Waals surface area contributed by atoms with Crippen molar-refractivity contribution in [1.29, 1.82) is 0 Å². The molecule has 1 aliphatic heterocycles. The second-order valence-electron chi connectivity index (χ2n) is 4.30. The Morgan fingerprint density at radius 1 is 1.50 bits per heavy atom. The first kappa shape index (κ1) is 9.78. The standard InChI is InChI=1S/C12H13FN2O/c1-7-9(4-5-14-7)12-15-10-3-2-8(13)6-11(10)16-12/h2-3,6-7,9,14H,4-5H2,1H3. The van der Waals surface area contributed by atoms with Crippen molar-refractivity contribution in [1.82, 2.24) is 10.3 Å². The predicted octanol–water partition coefficient (Wildman–Crippen LogP) is 2.43. The Morgan fingerprint density at radius 2 is 2.38 bits per heavy atom. The molecular formula is C12H13FN2O. The summed E-state index contributed by atoms with van der Waals surface area (Å²) in [6, 6.07) is 4.83. The zero-order valence-corrected chi connectivity index (χ0v) is 9.03. The molecule has 2 atom stereocenters. The molecule has 1 saturated heterocycles. The highest BCUT2D eigenvalue weighted by molar-refractivity contribution is 5.72. The molecule has 0 saturated carbocycles. The van der Waals surface area contributed by atoms with Crippen LogP contribution in [-0.2, 0) is 0 Å². The fraction of sp³-hybridized carbons (Fsp3) is 0.417. The van der Waals surface area contributed by atoms with Crippen LogP contribution in [0, 0.1) is 5.82 Å². The summed E-state index contributed by atoms with van der Waals surface area (Å²) in [5, 5.41) is 3.35. The molecule has 2 aromatic rings. The third kappa shape index (κ3) is 1.50. The van der Waals surface area contributed by atoms with Gasteiger partial charge in [0.2, 0.25) is 0 Å². The van der Waals surface area contributed by atoms with Gasteiger partial charge in [0.15, 0.2) is 11.5 Å². The van der Waals surface area contributed by atoms with Crippen molar-refractivity contribution in [2.75, 3.05) is 6.54 Å². The van der Waals surface area contributed by atoms with Crippen LogP contribution >= 0.6 is 0 Å². The van der Waals surface area contributed by atoms with E-state index in [1.165, 1.54) is 12.1 Å². The maximum absolute atomic E-state index is 13.0. The van der Waals surface area contributed by atoms with Crippen molar-refractivity contribution in [3.63, 3.8) is 0 Å². The van der Waals surface area contributed by atoms with Gasteiger partial charge in [-0.1, -0.05) is 0 Å². The van der Waals surface area contributed by atoms with E-state index in [-0.39, 0.29) is 5.82 Å². The van der Waals surface area contributed by atoms with Crippen LogP contribution in [-0.4, -0.2) is 17.6 Å². The zero-order chi connectivity index (χ0) is 11.1. The molecule has 1 N–H and O–H groups in total. The first-order valence-corrected chi connectivity index (χ1v) is 5.53. The number of hydrogen-bond donors (Lipinski definition) is 1. The lowest BCUT2D eigenvalue weighted by Gasteiger charge is -2.09. The molecule has 1 fully saturated rings. The van der Waals surface area contributed by atoms with Gasteiger partial charge in [-0.05, 0) is 32.0 Å². The van der Waals surface area contributed by atoms with Crippen LogP contribution in [0.3, 0.4) is 0 Å². The average Bonchev–Trinajstić information content (AvgIpc) is 2.82. The molecule has 2 unspecified atom stereocenters. The Morgan fingerprint density at radius 3 is 3.12 bits per heavy atom. The first-order chi connectivity index (χ1) is 7.74. The molecule has 0 bridgehead atoms. The molecule has 3 nitrogen and oxygen atoms in total. The van der Waals surface area contributed by atoms with Crippen LogP contribution in [0.15, 0.2) is 22.6 Å². The van der Waals surface area contributed by atoms with E-state index < -0.39 is 0 Å². The molecular weight excluding hydrogens is 207 g/mol. The Kier molecular flexibility index (Phi) is 2.17. The van der Waals surface area contributed by atoms with Crippen LogP contribution in [0.1, 0.15) is 25.2 Å². The molecule has 0 aliphatic carbocycles. The maximum Gasteiger partial charge on any atom is 0.200 e. The lowest BCUT2D eigenvalue weighted by atomic mass is 10.0. The highest BCUT2D eigenvalue weighted by atomic mass is 19.1. The van der Waals surface area contributed by atoms with Gasteiger partial charge >= 0.3 is 0 Å². The number of oxazole rings is 1. The third-order valence-electron chi connectivity index (χ3n) is 3.21. The van der Waals surface area contributed by atoms with Gasteiger partial charge in [0, 0.05) is 12.1 Å². The van der Waals surface area contributed by atoms with Crippen molar-refractivity contribution in [2.45, 2.75) is 25.3 Å². The van der Waals surface area contributed by atoms with Crippen LogP contribution < -0.4 is 5.32 Å². The predicted molar refractivity (Wildman–Crippen MR) is 58.8 cm³/mol. The molecule has 0 amide bonds. The molecule has 0 spiro atoms. The van der Waals surface area contributed by atoms with E-state index in [0.717, 1.165) is 24.4 Å². The summed E-state index contributed by atoms with van der Waals surface area (Å²) in [7, 11) is 0. The van der Waals surface area contributed by atoms with Gasteiger partial charge in [-0.15, -0.1) is 0 Å². The Balaban J connectivity index is 2.04. The monoisotopic (exact) mass is 220 g/mol. The molecule has 1 aliphatic rings. The molecule has 4 heteroatoms. The smallest absolute Gasteiger partial charge is 0.200 e. The van der Waals surface area contributed by atoms with Crippen LogP contribution in [0.2, 0.25) is 0 Å². The van der Waals surface area contributed by atoms with Gasteiger partial charge in [0.25, 0.3) is 0 Å². The van der Waals surface area contributed by atoms with E-state index in [4.69, 9.17) is 4.42 Å². The Hall–Kier alpha value is -1.42. The third-order valence-corrected chi connectivity index (χ3v) is 3.21. The second kappa shape index (κ2) is 3.56. The summed E-state index contributed by atoms with van der Waals surface area (Å²) in [5.41, 5.74) is 1.27. The number of hydrogen-bond acceptors (Lipinski definition) is 3. The number of fused-ring (bicyclic) bond motifs is 1. The highest BCUT2D eigenvalue weighted by Crippen LogP contribution is 2.29. The van der Waals surface area contributed by atoms with Gasteiger partial charge < -0.3 is 9.73 Å². The van der Waals surface area contributed by atoms with Crippen LogP contribution in [0.4, 0.5) is 4.39 Å². The van der Waals surface area contributed by atoms with Gasteiger partial charge in [0.05, 0.1) is 5.92 Å². The summed E-state index contributed by atoms with van der Waals surface area (Å²) < 4.78 is 18.6. The maximum atomic E-state index is 13.0. The first-order valence-electron chi connectivity index (χ1n) is 5.53. The SMILES string of the molecule is CC1NCCC1c1nc2ccc(F)cc2o1. The fourth-order valence-electron chi connectivity index (χ4n) is 2.27. The Bertz CT molecular complexity index is 523. The summed E-state index contributed by atoms with van der Waals surface area (Å²) >= 11 is 0. The van der Waals surface area contributed by atoms with Gasteiger partial charge in [-0.2, -0.15) is 0 Å². The summed E-state index contributed by atoms with van der Waals surface area (Å²) in [6.45, 7) is 3.10. The van der Waals surface area contributed by atoms with Gasteiger partial charge in [-0.25, -0.2) is 9.37 Å². The number of nitrogens with one attached hydrogen (secondary N) is 1. The summed E-state index contributed by atoms with van der Waals surface area (Å²) in [6.07, 6.45) is 1.02. The minimum Gasteiger partial charge on any atom is -0.440 e. The lowest BCUT2D eigenvalue weighted by molar-refractivity contribution is 0.446. The molecule has 1 aromatic carbocycles. The molecule has 2 heterocycles. The van der Waals surface area contributed by atoms with E-state index in [2.05, 4.69) is 17.2 Å². The highest BCUT2D eigenvalue weighted by Gasteiger charge is 2.28. The van der Waals surface area contributed by atoms with E-state index in [0.29, 0.717) is 17.5 Å². The number of rotatable bonds is 1. The van der Waals surface area contributed by atoms with E-state index >= 15 is 0 Å². The minimum atomic E-state index is -0.284. The van der Waals surface area contributed by atoms with E-state index in [9.17, 15) is 4.39 Å². The number of nitrogens with zero attached hydrogens (tertiary/aromatic N) is 1. The molecule has 0 radical (unpaired) electrons. The van der Waals surface area contributed by atoms with Gasteiger partial charge in [-0.3, -0.25) is 0 Å². The largest absolute Gasteiger partial charge is 0.440 e. The van der Waals surface area contributed by atoms with Crippen molar-refractivity contribution in [3.8, 4) is 0 Å². The topological polar surface area (TPSA) is 38.1 Å². The number of benzene rings is 1. The van der Waals surface area contributed by atoms with Crippen molar-refractivity contribution in [3.05, 3.63) is 29.9 Å². The van der Waals surface area contributed by atoms with Gasteiger partial charge in [0.1, 0.15) is 11.3 Å². The van der Waals surface area contributed by atoms with E-state index in [1.807, 2.05) is 0 Å². The van der Waals surface area contributed by atoms with Crippen LogP contribution in [0.25, 0.3) is 11.1 Å².